The van der Waals surface area contributed by atoms with Gasteiger partial charge in [0.2, 0.25) is 0 Å². The Morgan fingerprint density at radius 1 is 1.75 bits per heavy atom. The summed E-state index contributed by atoms with van der Waals surface area (Å²) in [6.45, 7) is 3.08. The van der Waals surface area contributed by atoms with Gasteiger partial charge in [-0.3, -0.25) is 10.1 Å². The highest BCUT2D eigenvalue weighted by Crippen LogP contribution is 2.24. The molecule has 0 unspecified atom stereocenters. The van der Waals surface area contributed by atoms with E-state index in [1.54, 1.807) is 0 Å². The van der Waals surface area contributed by atoms with Gasteiger partial charge in [0.05, 0.1) is 25.2 Å². The smallest absolute Gasteiger partial charge is 0.307 e. The van der Waals surface area contributed by atoms with Crippen LogP contribution in [0.2, 0.25) is 0 Å². The number of halogens is 1. The van der Waals surface area contributed by atoms with Gasteiger partial charge < -0.3 is 9.64 Å². The molecule has 0 aliphatic carbocycles. The van der Waals surface area contributed by atoms with Gasteiger partial charge in [-0.05, 0) is 35.0 Å². The number of ether oxygens (including phenoxy) is 1. The molecule has 0 aromatic heterocycles. The van der Waals surface area contributed by atoms with Crippen molar-refractivity contribution in [3.8, 4) is 0 Å². The molecule has 0 saturated carbocycles. The first-order valence-electron chi connectivity index (χ1n) is 5.42. The van der Waals surface area contributed by atoms with Crippen LogP contribution in [-0.4, -0.2) is 36.2 Å². The molecule has 0 amide bonds. The number of nitrogens with zero attached hydrogens (tertiary/aromatic N) is 1. The van der Waals surface area contributed by atoms with Gasteiger partial charge in [0.1, 0.15) is 0 Å². The summed E-state index contributed by atoms with van der Waals surface area (Å²) >= 11 is 3.44. The second-order valence-corrected chi connectivity index (χ2v) is 4.75. The zero-order chi connectivity index (χ0) is 11.5. The highest BCUT2D eigenvalue weighted by atomic mass is 79.9. The molecule has 0 aromatic rings. The van der Waals surface area contributed by atoms with Gasteiger partial charge in [0.15, 0.2) is 0 Å². The minimum Gasteiger partial charge on any atom is -0.466 e. The van der Waals surface area contributed by atoms with Crippen LogP contribution in [0.5, 0.6) is 0 Å². The first-order chi connectivity index (χ1) is 7.70. The summed E-state index contributed by atoms with van der Waals surface area (Å²) in [7, 11) is 0. The van der Waals surface area contributed by atoms with E-state index in [0.717, 1.165) is 11.0 Å². The first kappa shape index (κ1) is 11.7. The first-order valence-corrected chi connectivity index (χ1v) is 6.22. The summed E-state index contributed by atoms with van der Waals surface area (Å²) in [4.78, 5) is 13.6. The largest absolute Gasteiger partial charge is 0.466 e. The fraction of sp³-hybridized carbons (Fsp3) is 0.545. The molecular weight excluding hydrogens is 272 g/mol. The monoisotopic (exact) mass is 286 g/mol. The predicted molar refractivity (Wildman–Crippen MR) is 64.8 cm³/mol. The summed E-state index contributed by atoms with van der Waals surface area (Å²) in [5.41, 5.74) is 0. The predicted octanol–water partition coefficient (Wildman–Crippen LogP) is 1.35. The molecule has 88 valence electrons. The van der Waals surface area contributed by atoms with E-state index in [1.807, 2.05) is 19.2 Å². The summed E-state index contributed by atoms with van der Waals surface area (Å²) in [5, 5.41) is 3.34. The Kier molecular flexibility index (Phi) is 3.66. The van der Waals surface area contributed by atoms with E-state index in [4.69, 9.17) is 4.74 Å². The van der Waals surface area contributed by atoms with Crippen LogP contribution in [0, 0.1) is 0 Å². The maximum absolute atomic E-state index is 11.4. The highest BCUT2D eigenvalue weighted by Gasteiger charge is 2.32. The summed E-state index contributed by atoms with van der Waals surface area (Å²) in [6, 6.07) is 0.182. The van der Waals surface area contributed by atoms with Gasteiger partial charge in [-0.2, -0.15) is 0 Å². The Morgan fingerprint density at radius 3 is 3.31 bits per heavy atom. The van der Waals surface area contributed by atoms with Crippen molar-refractivity contribution in [1.29, 1.82) is 0 Å². The van der Waals surface area contributed by atoms with E-state index in [2.05, 4.69) is 32.2 Å². The van der Waals surface area contributed by atoms with Crippen LogP contribution in [0.15, 0.2) is 22.8 Å². The average molecular weight is 287 g/mol. The average Bonchev–Trinajstić information content (AvgIpc) is 2.61. The lowest BCUT2D eigenvalue weighted by Crippen LogP contribution is -2.36. The van der Waals surface area contributed by atoms with E-state index in [0.29, 0.717) is 13.0 Å². The number of carbonyl (C=O) groups excluding carboxylic acids is 1. The second kappa shape index (κ2) is 5.01. The summed E-state index contributed by atoms with van der Waals surface area (Å²) in [5.74, 6) is -0.131. The lowest BCUT2D eigenvalue weighted by atomic mass is 10.2. The van der Waals surface area contributed by atoms with Gasteiger partial charge in [0, 0.05) is 17.2 Å². The van der Waals surface area contributed by atoms with Crippen LogP contribution < -0.4 is 5.32 Å². The third-order valence-corrected chi connectivity index (χ3v) is 3.19. The molecule has 1 saturated heterocycles. The zero-order valence-electron chi connectivity index (χ0n) is 9.15. The van der Waals surface area contributed by atoms with Crippen LogP contribution in [0.25, 0.3) is 0 Å². The fourth-order valence-corrected chi connectivity index (χ4v) is 2.40. The molecule has 2 aliphatic rings. The number of rotatable bonds is 3. The lowest BCUT2D eigenvalue weighted by Gasteiger charge is -2.28. The molecule has 16 heavy (non-hydrogen) atoms. The Hall–Kier alpha value is -0.810. The molecule has 2 rings (SSSR count). The van der Waals surface area contributed by atoms with Gasteiger partial charge in [-0.25, -0.2) is 0 Å². The number of esters is 1. The van der Waals surface area contributed by atoms with Gasteiger partial charge in [-0.1, -0.05) is 0 Å². The van der Waals surface area contributed by atoms with Crippen LogP contribution in [0.4, 0.5) is 0 Å². The molecular formula is C11H15BrN2O2. The summed E-state index contributed by atoms with van der Waals surface area (Å²) in [6.07, 6.45) is 6.76. The van der Waals surface area contributed by atoms with Crippen molar-refractivity contribution in [2.24, 2.45) is 0 Å². The van der Waals surface area contributed by atoms with Crippen molar-refractivity contribution < 1.29 is 9.53 Å². The molecule has 0 spiro atoms. The third kappa shape index (κ3) is 2.47. The lowest BCUT2D eigenvalue weighted by molar-refractivity contribution is -0.144. The standard InChI is InChI=1S/C11H15BrN2O2/c1-2-16-11(15)5-9-6-13-10-4-3-8(12)7-14(9)10/h3-4,7,9-10,13H,2,5-6H2,1H3/t9-,10-/m1/s1. The molecule has 0 bridgehead atoms. The van der Waals surface area contributed by atoms with E-state index in [1.165, 1.54) is 0 Å². The molecule has 4 nitrogen and oxygen atoms in total. The van der Waals surface area contributed by atoms with Crippen molar-refractivity contribution in [3.05, 3.63) is 22.8 Å². The normalized spacial score (nSPS) is 27.6. The van der Waals surface area contributed by atoms with Crippen LogP contribution in [0.3, 0.4) is 0 Å². The van der Waals surface area contributed by atoms with Crippen LogP contribution >= 0.6 is 15.9 Å². The Morgan fingerprint density at radius 2 is 2.56 bits per heavy atom. The Balaban J connectivity index is 1.97. The van der Waals surface area contributed by atoms with Crippen molar-refractivity contribution >= 4 is 21.9 Å². The van der Waals surface area contributed by atoms with Crippen LogP contribution in [-0.2, 0) is 9.53 Å². The maximum Gasteiger partial charge on any atom is 0.307 e. The van der Waals surface area contributed by atoms with Gasteiger partial charge >= 0.3 is 5.97 Å². The van der Waals surface area contributed by atoms with E-state index in [-0.39, 0.29) is 18.2 Å². The van der Waals surface area contributed by atoms with Crippen molar-refractivity contribution in [1.82, 2.24) is 10.2 Å². The highest BCUT2D eigenvalue weighted by molar-refractivity contribution is 9.11. The zero-order valence-corrected chi connectivity index (χ0v) is 10.7. The number of hydrogen-bond donors (Lipinski definition) is 1. The topological polar surface area (TPSA) is 41.6 Å². The Bertz CT molecular complexity index is 341. The quantitative estimate of drug-likeness (QED) is 0.796. The molecule has 0 aromatic carbocycles. The van der Waals surface area contributed by atoms with Crippen molar-refractivity contribution in [2.45, 2.75) is 25.6 Å². The second-order valence-electron chi connectivity index (χ2n) is 3.84. The van der Waals surface area contributed by atoms with Crippen molar-refractivity contribution in [2.75, 3.05) is 13.2 Å². The Labute approximate surface area is 103 Å². The molecule has 2 heterocycles. The minimum absolute atomic E-state index is 0.131. The number of hydrogen-bond acceptors (Lipinski definition) is 4. The van der Waals surface area contributed by atoms with E-state index >= 15 is 0 Å². The molecule has 2 aliphatic heterocycles. The molecule has 0 radical (unpaired) electrons. The molecule has 1 N–H and O–H groups in total. The number of nitrogens with one attached hydrogen (secondary N) is 1. The third-order valence-electron chi connectivity index (χ3n) is 2.72. The SMILES string of the molecule is CCOC(=O)C[C@@H]1CN[C@H]2C=CC(Br)=CN12. The van der Waals surface area contributed by atoms with Crippen molar-refractivity contribution in [3.63, 3.8) is 0 Å². The molecule has 2 atom stereocenters. The fourth-order valence-electron chi connectivity index (χ4n) is 2.01. The van der Waals surface area contributed by atoms with E-state index in [9.17, 15) is 4.79 Å². The van der Waals surface area contributed by atoms with Crippen LogP contribution in [0.1, 0.15) is 13.3 Å². The number of allylic oxidation sites excluding steroid dienone is 2. The maximum atomic E-state index is 11.4. The van der Waals surface area contributed by atoms with Gasteiger partial charge in [-0.15, -0.1) is 0 Å². The van der Waals surface area contributed by atoms with E-state index < -0.39 is 0 Å². The van der Waals surface area contributed by atoms with Gasteiger partial charge in [0.25, 0.3) is 0 Å². The molecule has 5 heteroatoms. The summed E-state index contributed by atoms with van der Waals surface area (Å²) < 4.78 is 6.00. The molecule has 1 fully saturated rings. The minimum atomic E-state index is -0.131. The number of carbonyl (C=O) groups is 1. The number of fused-ring (bicyclic) bond motifs is 1.